The highest BCUT2D eigenvalue weighted by atomic mass is 32.2. The van der Waals surface area contributed by atoms with Gasteiger partial charge in [-0.05, 0) is 24.3 Å². The average Bonchev–Trinajstić information content (AvgIpc) is 2.91. The lowest BCUT2D eigenvalue weighted by Gasteiger charge is -2.14. The molecular formula is C19H13FN2O5S2. The van der Waals surface area contributed by atoms with Gasteiger partial charge in [0.05, 0.1) is 4.91 Å². The van der Waals surface area contributed by atoms with E-state index < -0.39 is 29.4 Å². The van der Waals surface area contributed by atoms with Crippen LogP contribution in [0.2, 0.25) is 0 Å². The molecule has 1 aliphatic heterocycles. The molecule has 0 radical (unpaired) electrons. The number of carbonyl (C=O) groups excluding carboxylic acids is 2. The number of rotatable bonds is 5. The Kier molecular flexibility index (Phi) is 5.95. The number of carboxylic acids is 1. The van der Waals surface area contributed by atoms with Crippen LogP contribution in [0, 0.1) is 5.82 Å². The van der Waals surface area contributed by atoms with E-state index in [2.05, 4.69) is 5.32 Å². The van der Waals surface area contributed by atoms with E-state index in [-0.39, 0.29) is 32.6 Å². The fraction of sp³-hybridized carbons (Fsp3) is 0.0526. The van der Waals surface area contributed by atoms with Crippen molar-refractivity contribution < 1.29 is 29.0 Å². The summed E-state index contributed by atoms with van der Waals surface area (Å²) in [6, 6.07) is 9.49. The predicted octanol–water partition coefficient (Wildman–Crippen LogP) is 3.07. The van der Waals surface area contributed by atoms with Crippen LogP contribution in [0.25, 0.3) is 6.08 Å². The summed E-state index contributed by atoms with van der Waals surface area (Å²) in [6.07, 6.45) is 1.37. The molecule has 10 heteroatoms. The van der Waals surface area contributed by atoms with E-state index in [0.717, 1.165) is 28.8 Å². The number of aromatic hydroxyl groups is 1. The molecule has 0 aromatic heterocycles. The smallest absolute Gasteiger partial charge is 0.339 e. The fourth-order valence-electron chi connectivity index (χ4n) is 2.50. The van der Waals surface area contributed by atoms with Gasteiger partial charge < -0.3 is 15.5 Å². The SMILES string of the molecule is O=C(CN1C(=O)/C(=C/c2ccccc2F)SC1=S)Nc1ccc(C(=O)O)c(O)c1. The summed E-state index contributed by atoms with van der Waals surface area (Å²) in [5.41, 5.74) is 0.0782. The Bertz CT molecular complexity index is 1070. The summed E-state index contributed by atoms with van der Waals surface area (Å²) in [4.78, 5) is 37.0. The summed E-state index contributed by atoms with van der Waals surface area (Å²) in [7, 11) is 0. The number of halogens is 1. The first-order valence-electron chi connectivity index (χ1n) is 8.12. The number of hydrogen-bond acceptors (Lipinski definition) is 6. The predicted molar refractivity (Wildman–Crippen MR) is 110 cm³/mol. The van der Waals surface area contributed by atoms with E-state index in [9.17, 15) is 23.9 Å². The topological polar surface area (TPSA) is 107 Å². The lowest BCUT2D eigenvalue weighted by molar-refractivity contribution is -0.126. The summed E-state index contributed by atoms with van der Waals surface area (Å²) >= 11 is 6.10. The Morgan fingerprint density at radius 2 is 1.97 bits per heavy atom. The number of thioether (sulfide) groups is 1. The van der Waals surface area contributed by atoms with Gasteiger partial charge in [0, 0.05) is 17.3 Å². The molecule has 148 valence electrons. The van der Waals surface area contributed by atoms with E-state index >= 15 is 0 Å². The number of nitrogens with one attached hydrogen (secondary N) is 1. The van der Waals surface area contributed by atoms with Gasteiger partial charge in [0.25, 0.3) is 5.91 Å². The Balaban J connectivity index is 1.70. The van der Waals surface area contributed by atoms with Crippen molar-refractivity contribution in [3.05, 3.63) is 64.3 Å². The minimum absolute atomic E-state index is 0.150. The number of aromatic carboxylic acids is 1. The third-order valence-corrected chi connectivity index (χ3v) is 5.26. The molecule has 3 N–H and O–H groups in total. The summed E-state index contributed by atoms with van der Waals surface area (Å²) in [5.74, 6) is -3.42. The summed E-state index contributed by atoms with van der Waals surface area (Å²) in [6.45, 7) is -0.388. The van der Waals surface area contributed by atoms with Crippen LogP contribution in [-0.4, -0.2) is 43.8 Å². The zero-order valence-electron chi connectivity index (χ0n) is 14.6. The van der Waals surface area contributed by atoms with Gasteiger partial charge >= 0.3 is 5.97 Å². The summed E-state index contributed by atoms with van der Waals surface area (Å²) in [5, 5.41) is 21.0. The molecule has 1 aliphatic rings. The van der Waals surface area contributed by atoms with Crippen LogP contribution in [-0.2, 0) is 9.59 Å². The second-order valence-corrected chi connectivity index (χ2v) is 7.55. The third-order valence-electron chi connectivity index (χ3n) is 3.88. The van der Waals surface area contributed by atoms with Gasteiger partial charge in [0.1, 0.15) is 28.0 Å². The maximum Gasteiger partial charge on any atom is 0.339 e. The zero-order valence-corrected chi connectivity index (χ0v) is 16.2. The van der Waals surface area contributed by atoms with Crippen LogP contribution in [0.3, 0.4) is 0 Å². The molecule has 0 atom stereocenters. The van der Waals surface area contributed by atoms with Gasteiger partial charge in [-0.25, -0.2) is 9.18 Å². The molecule has 3 rings (SSSR count). The van der Waals surface area contributed by atoms with E-state index in [1.165, 1.54) is 30.3 Å². The highest BCUT2D eigenvalue weighted by molar-refractivity contribution is 8.26. The minimum Gasteiger partial charge on any atom is -0.507 e. The van der Waals surface area contributed by atoms with E-state index in [0.29, 0.717) is 0 Å². The number of carboxylic acid groups (broad SMARTS) is 1. The maximum atomic E-state index is 13.8. The van der Waals surface area contributed by atoms with Crippen molar-refractivity contribution in [3.8, 4) is 5.75 Å². The van der Waals surface area contributed by atoms with E-state index in [1.54, 1.807) is 6.07 Å². The van der Waals surface area contributed by atoms with Gasteiger partial charge in [-0.2, -0.15) is 0 Å². The van der Waals surface area contributed by atoms with Crippen molar-refractivity contribution in [1.82, 2.24) is 4.90 Å². The van der Waals surface area contributed by atoms with Crippen molar-refractivity contribution in [2.45, 2.75) is 0 Å². The van der Waals surface area contributed by atoms with Crippen molar-refractivity contribution in [3.63, 3.8) is 0 Å². The molecule has 1 fully saturated rings. The highest BCUT2D eigenvalue weighted by Crippen LogP contribution is 2.33. The van der Waals surface area contributed by atoms with Gasteiger partial charge in [-0.15, -0.1) is 0 Å². The molecule has 0 saturated carbocycles. The van der Waals surface area contributed by atoms with E-state index in [1.807, 2.05) is 0 Å². The highest BCUT2D eigenvalue weighted by Gasteiger charge is 2.33. The number of anilines is 1. The maximum absolute atomic E-state index is 13.8. The number of carbonyl (C=O) groups is 3. The van der Waals surface area contributed by atoms with Crippen molar-refractivity contribution in [2.75, 3.05) is 11.9 Å². The number of hydrogen-bond donors (Lipinski definition) is 3. The van der Waals surface area contributed by atoms with Crippen LogP contribution in [0.4, 0.5) is 10.1 Å². The Morgan fingerprint density at radius 3 is 2.62 bits per heavy atom. The molecule has 2 amide bonds. The molecule has 0 aliphatic carbocycles. The van der Waals surface area contributed by atoms with Gasteiger partial charge in [0.15, 0.2) is 0 Å². The van der Waals surface area contributed by atoms with Crippen LogP contribution in [0.1, 0.15) is 15.9 Å². The largest absolute Gasteiger partial charge is 0.507 e. The quantitative estimate of drug-likeness (QED) is 0.492. The van der Waals surface area contributed by atoms with Gasteiger partial charge in [0.2, 0.25) is 5.91 Å². The van der Waals surface area contributed by atoms with Gasteiger partial charge in [-0.1, -0.05) is 42.2 Å². The molecule has 0 unspecified atom stereocenters. The first-order chi connectivity index (χ1) is 13.8. The van der Waals surface area contributed by atoms with E-state index in [4.69, 9.17) is 17.3 Å². The number of amides is 2. The molecule has 2 aromatic rings. The van der Waals surface area contributed by atoms with Crippen molar-refractivity contribution in [1.29, 1.82) is 0 Å². The third kappa shape index (κ3) is 4.61. The standard InChI is InChI=1S/C19H13FN2O5S2/c20-13-4-2-1-3-10(13)7-15-17(25)22(19(28)29-15)9-16(24)21-11-5-6-12(18(26)27)14(23)8-11/h1-8,23H,9H2,(H,21,24)(H,26,27)/b15-7-. The lowest BCUT2D eigenvalue weighted by atomic mass is 10.2. The number of phenols is 1. The van der Waals surface area contributed by atoms with Crippen LogP contribution >= 0.6 is 24.0 Å². The first-order valence-corrected chi connectivity index (χ1v) is 9.35. The second-order valence-electron chi connectivity index (χ2n) is 5.87. The number of benzene rings is 2. The second kappa shape index (κ2) is 8.41. The summed E-state index contributed by atoms with van der Waals surface area (Å²) < 4.78 is 13.9. The Hall–Kier alpha value is -3.24. The lowest BCUT2D eigenvalue weighted by Crippen LogP contribution is -2.36. The van der Waals surface area contributed by atoms with Gasteiger partial charge in [-0.3, -0.25) is 14.5 Å². The van der Waals surface area contributed by atoms with Crippen LogP contribution in [0.5, 0.6) is 5.75 Å². The molecule has 0 spiro atoms. The first kappa shape index (κ1) is 20.5. The molecule has 1 saturated heterocycles. The van der Waals surface area contributed by atoms with Crippen molar-refractivity contribution >= 4 is 57.8 Å². The normalized spacial score (nSPS) is 15.1. The fourth-order valence-corrected chi connectivity index (χ4v) is 3.75. The molecule has 29 heavy (non-hydrogen) atoms. The monoisotopic (exact) mass is 432 g/mol. The average molecular weight is 432 g/mol. The Morgan fingerprint density at radius 1 is 1.24 bits per heavy atom. The van der Waals surface area contributed by atoms with Crippen LogP contribution in [0.15, 0.2) is 47.4 Å². The molecular weight excluding hydrogens is 419 g/mol. The Labute approximate surface area is 173 Å². The van der Waals surface area contributed by atoms with Crippen LogP contribution < -0.4 is 5.32 Å². The molecule has 7 nitrogen and oxygen atoms in total. The minimum atomic E-state index is -1.31. The molecule has 0 bridgehead atoms. The molecule has 1 heterocycles. The molecule has 2 aromatic carbocycles. The number of thiocarbonyl (C=S) groups is 1. The zero-order chi connectivity index (χ0) is 21.1. The van der Waals surface area contributed by atoms with Crippen molar-refractivity contribution in [2.24, 2.45) is 0 Å². The number of nitrogens with zero attached hydrogens (tertiary/aromatic N) is 1.